The van der Waals surface area contributed by atoms with Crippen molar-refractivity contribution in [2.45, 2.75) is 32.7 Å². The highest BCUT2D eigenvalue weighted by molar-refractivity contribution is 9.10. The smallest absolute Gasteiger partial charge is 0.307 e. The third kappa shape index (κ3) is 6.17. The lowest BCUT2D eigenvalue weighted by atomic mass is 10.1. The van der Waals surface area contributed by atoms with Crippen molar-refractivity contribution in [1.82, 2.24) is 5.32 Å². The fourth-order valence-corrected chi connectivity index (χ4v) is 1.96. The van der Waals surface area contributed by atoms with Gasteiger partial charge in [0, 0.05) is 17.1 Å². The van der Waals surface area contributed by atoms with Crippen LogP contribution >= 0.6 is 15.9 Å². The van der Waals surface area contributed by atoms with E-state index in [-0.39, 0.29) is 5.97 Å². The normalized spacial score (nSPS) is 12.2. The van der Waals surface area contributed by atoms with Crippen LogP contribution in [0.25, 0.3) is 0 Å². The minimum Gasteiger partial charge on any atom is -0.466 e. The molecule has 0 bridgehead atoms. The van der Waals surface area contributed by atoms with Gasteiger partial charge in [-0.15, -0.1) is 0 Å². The van der Waals surface area contributed by atoms with Crippen molar-refractivity contribution in [2.75, 3.05) is 13.2 Å². The third-order valence-corrected chi connectivity index (χ3v) is 3.11. The van der Waals surface area contributed by atoms with Gasteiger partial charge in [-0.3, -0.25) is 4.79 Å². The summed E-state index contributed by atoms with van der Waals surface area (Å²) in [6, 6.07) is 8.64. The van der Waals surface area contributed by atoms with Crippen LogP contribution in [0.15, 0.2) is 28.7 Å². The Labute approximate surface area is 117 Å². The molecule has 0 aliphatic carbocycles. The minimum absolute atomic E-state index is 0.138. The van der Waals surface area contributed by atoms with E-state index in [0.717, 1.165) is 10.9 Å². The molecule has 1 unspecified atom stereocenters. The average molecular weight is 314 g/mol. The minimum atomic E-state index is -0.138. The third-order valence-electron chi connectivity index (χ3n) is 2.58. The molecule has 4 heteroatoms. The average Bonchev–Trinajstić information content (AvgIpc) is 2.32. The summed E-state index contributed by atoms with van der Waals surface area (Å²) >= 11 is 3.42. The number of nitrogens with one attached hydrogen (secondary N) is 1. The van der Waals surface area contributed by atoms with Crippen molar-refractivity contribution >= 4 is 21.9 Å². The predicted octanol–water partition coefficient (Wildman–Crippen LogP) is 2.92. The van der Waals surface area contributed by atoms with Gasteiger partial charge in [0.05, 0.1) is 13.0 Å². The molecule has 0 spiro atoms. The van der Waals surface area contributed by atoms with Gasteiger partial charge >= 0.3 is 5.97 Å². The number of carbonyl (C=O) groups is 1. The second-order valence-electron chi connectivity index (χ2n) is 4.24. The molecule has 0 saturated heterocycles. The van der Waals surface area contributed by atoms with E-state index in [4.69, 9.17) is 4.74 Å². The molecule has 100 valence electrons. The number of benzene rings is 1. The lowest BCUT2D eigenvalue weighted by Crippen LogP contribution is -2.30. The molecular formula is C14H20BrNO2. The highest BCUT2D eigenvalue weighted by atomic mass is 79.9. The standard InChI is InChI=1S/C14H20BrNO2/c1-3-18-14(17)8-9-16-11(2)10-12-4-6-13(15)7-5-12/h4-7,11,16H,3,8-10H2,1-2H3. The number of carbonyl (C=O) groups excluding carboxylic acids is 1. The van der Waals surface area contributed by atoms with Crippen molar-refractivity contribution in [3.8, 4) is 0 Å². The van der Waals surface area contributed by atoms with E-state index in [2.05, 4.69) is 40.3 Å². The molecule has 0 radical (unpaired) electrons. The zero-order valence-corrected chi connectivity index (χ0v) is 12.5. The molecule has 18 heavy (non-hydrogen) atoms. The van der Waals surface area contributed by atoms with Crippen LogP contribution in [0.1, 0.15) is 25.8 Å². The Morgan fingerprint density at radius 2 is 2.06 bits per heavy atom. The summed E-state index contributed by atoms with van der Waals surface area (Å²) in [5.41, 5.74) is 1.29. The fourth-order valence-electron chi connectivity index (χ4n) is 1.70. The molecule has 0 aromatic heterocycles. The maximum atomic E-state index is 11.2. The second-order valence-corrected chi connectivity index (χ2v) is 5.16. The fraction of sp³-hybridized carbons (Fsp3) is 0.500. The SMILES string of the molecule is CCOC(=O)CCNC(C)Cc1ccc(Br)cc1. The zero-order chi connectivity index (χ0) is 13.4. The Morgan fingerprint density at radius 1 is 1.39 bits per heavy atom. The summed E-state index contributed by atoms with van der Waals surface area (Å²) in [5.74, 6) is -0.138. The van der Waals surface area contributed by atoms with E-state index in [1.807, 2.05) is 19.1 Å². The highest BCUT2D eigenvalue weighted by Gasteiger charge is 2.05. The van der Waals surface area contributed by atoms with Gasteiger partial charge in [-0.2, -0.15) is 0 Å². The van der Waals surface area contributed by atoms with Gasteiger partial charge in [-0.05, 0) is 38.0 Å². The summed E-state index contributed by atoms with van der Waals surface area (Å²) < 4.78 is 5.96. The largest absolute Gasteiger partial charge is 0.466 e. The quantitative estimate of drug-likeness (QED) is 0.787. The first-order valence-corrected chi connectivity index (χ1v) is 7.04. The van der Waals surface area contributed by atoms with Crippen molar-refractivity contribution < 1.29 is 9.53 Å². The molecule has 1 N–H and O–H groups in total. The first kappa shape index (κ1) is 15.2. The van der Waals surface area contributed by atoms with Crippen LogP contribution in [0, 0.1) is 0 Å². The van der Waals surface area contributed by atoms with E-state index in [9.17, 15) is 4.79 Å². The van der Waals surface area contributed by atoms with Crippen molar-refractivity contribution in [1.29, 1.82) is 0 Å². The van der Waals surface area contributed by atoms with Crippen molar-refractivity contribution in [3.05, 3.63) is 34.3 Å². The topological polar surface area (TPSA) is 38.3 Å². The van der Waals surface area contributed by atoms with Crippen LogP contribution in [0.4, 0.5) is 0 Å². The summed E-state index contributed by atoms with van der Waals surface area (Å²) in [7, 11) is 0. The second kappa shape index (κ2) is 8.27. The van der Waals surface area contributed by atoms with Crippen LogP contribution in [0.2, 0.25) is 0 Å². The van der Waals surface area contributed by atoms with Gasteiger partial charge in [0.15, 0.2) is 0 Å². The van der Waals surface area contributed by atoms with Crippen LogP contribution < -0.4 is 5.32 Å². The summed E-state index contributed by atoms with van der Waals surface area (Å²) in [6.07, 6.45) is 1.38. The van der Waals surface area contributed by atoms with Crippen molar-refractivity contribution in [3.63, 3.8) is 0 Å². The molecule has 1 atom stereocenters. The lowest BCUT2D eigenvalue weighted by molar-refractivity contribution is -0.142. The van der Waals surface area contributed by atoms with E-state index in [0.29, 0.717) is 25.6 Å². The molecule has 0 saturated carbocycles. The number of hydrogen-bond acceptors (Lipinski definition) is 3. The van der Waals surface area contributed by atoms with Crippen molar-refractivity contribution in [2.24, 2.45) is 0 Å². The lowest BCUT2D eigenvalue weighted by Gasteiger charge is -2.13. The van der Waals surface area contributed by atoms with Crippen LogP contribution in [0.5, 0.6) is 0 Å². The Bertz CT molecular complexity index is 365. The summed E-state index contributed by atoms with van der Waals surface area (Å²) in [5, 5.41) is 3.32. The monoisotopic (exact) mass is 313 g/mol. The molecule has 0 fully saturated rings. The van der Waals surface area contributed by atoms with Crippen LogP contribution in [-0.2, 0) is 16.0 Å². The van der Waals surface area contributed by atoms with Gasteiger partial charge in [0.2, 0.25) is 0 Å². The Hall–Kier alpha value is -0.870. The van der Waals surface area contributed by atoms with Gasteiger partial charge < -0.3 is 10.1 Å². The first-order chi connectivity index (χ1) is 8.61. The molecule has 3 nitrogen and oxygen atoms in total. The van der Waals surface area contributed by atoms with E-state index in [1.54, 1.807) is 0 Å². The molecule has 0 heterocycles. The van der Waals surface area contributed by atoms with Gasteiger partial charge in [0.25, 0.3) is 0 Å². The van der Waals surface area contributed by atoms with Crippen LogP contribution in [0.3, 0.4) is 0 Å². The Balaban J connectivity index is 2.23. The van der Waals surface area contributed by atoms with Gasteiger partial charge in [-0.1, -0.05) is 28.1 Å². The zero-order valence-electron chi connectivity index (χ0n) is 10.9. The Morgan fingerprint density at radius 3 is 2.67 bits per heavy atom. The highest BCUT2D eigenvalue weighted by Crippen LogP contribution is 2.11. The predicted molar refractivity (Wildman–Crippen MR) is 76.6 cm³/mol. The van der Waals surface area contributed by atoms with E-state index in [1.165, 1.54) is 5.56 Å². The summed E-state index contributed by atoms with van der Waals surface area (Å²) in [4.78, 5) is 11.2. The maximum absolute atomic E-state index is 11.2. The molecule has 0 aliphatic heterocycles. The number of rotatable bonds is 7. The number of hydrogen-bond donors (Lipinski definition) is 1. The molecular weight excluding hydrogens is 294 g/mol. The molecule has 1 rings (SSSR count). The van der Waals surface area contributed by atoms with Gasteiger partial charge in [0.1, 0.15) is 0 Å². The first-order valence-electron chi connectivity index (χ1n) is 6.25. The van der Waals surface area contributed by atoms with E-state index >= 15 is 0 Å². The van der Waals surface area contributed by atoms with Crippen LogP contribution in [-0.4, -0.2) is 25.2 Å². The number of halogens is 1. The maximum Gasteiger partial charge on any atom is 0.307 e. The molecule has 0 aliphatic rings. The molecule has 1 aromatic carbocycles. The van der Waals surface area contributed by atoms with E-state index < -0.39 is 0 Å². The summed E-state index contributed by atoms with van der Waals surface area (Å²) in [6.45, 7) is 5.05. The molecule has 1 aromatic rings. The van der Waals surface area contributed by atoms with Gasteiger partial charge in [-0.25, -0.2) is 0 Å². The Kier molecular flexibility index (Phi) is 6.98. The number of ether oxygens (including phenoxy) is 1. The molecule has 0 amide bonds. The number of esters is 1.